The molecule has 1 aromatic heterocycles. The number of hydrogen-bond donors (Lipinski definition) is 1. The summed E-state index contributed by atoms with van der Waals surface area (Å²) in [4.78, 5) is 15.4. The van der Waals surface area contributed by atoms with E-state index in [-0.39, 0.29) is 0 Å². The van der Waals surface area contributed by atoms with Crippen LogP contribution in [-0.4, -0.2) is 10.9 Å². The Kier molecular flexibility index (Phi) is 2.60. The Morgan fingerprint density at radius 1 is 1.31 bits per heavy atom. The lowest BCUT2D eigenvalue weighted by atomic mass is 9.98. The predicted molar refractivity (Wildman–Crippen MR) is 64.3 cm³/mol. The molecule has 0 spiro atoms. The fourth-order valence-corrected chi connectivity index (χ4v) is 1.82. The van der Waals surface area contributed by atoms with Crippen molar-refractivity contribution >= 4 is 16.8 Å². The molecule has 82 valence electrons. The minimum atomic E-state index is -0.402. The molecule has 1 heterocycles. The van der Waals surface area contributed by atoms with Crippen LogP contribution in [0.1, 0.15) is 35.7 Å². The molecule has 1 aromatic carbocycles. The number of hydrogen-bond acceptors (Lipinski definition) is 2. The van der Waals surface area contributed by atoms with Crippen molar-refractivity contribution in [2.45, 2.75) is 19.8 Å². The Bertz CT molecular complexity index is 547. The Morgan fingerprint density at radius 3 is 2.69 bits per heavy atom. The van der Waals surface area contributed by atoms with E-state index in [4.69, 9.17) is 5.73 Å². The zero-order valence-electron chi connectivity index (χ0n) is 9.40. The second-order valence-electron chi connectivity index (χ2n) is 4.15. The van der Waals surface area contributed by atoms with Gasteiger partial charge >= 0.3 is 0 Å². The Labute approximate surface area is 94.3 Å². The number of nitrogens with two attached hydrogens (primary N) is 1. The first-order valence-electron chi connectivity index (χ1n) is 5.28. The average molecular weight is 214 g/mol. The van der Waals surface area contributed by atoms with E-state index in [0.29, 0.717) is 11.5 Å². The second-order valence-corrected chi connectivity index (χ2v) is 4.15. The van der Waals surface area contributed by atoms with Gasteiger partial charge < -0.3 is 5.73 Å². The summed E-state index contributed by atoms with van der Waals surface area (Å²) in [6.45, 7) is 4.23. The highest BCUT2D eigenvalue weighted by molar-refractivity contribution is 5.97. The summed E-state index contributed by atoms with van der Waals surface area (Å²) in [5, 5.41) is 1.01. The monoisotopic (exact) mass is 214 g/mol. The van der Waals surface area contributed by atoms with Gasteiger partial charge in [-0.2, -0.15) is 0 Å². The SMILES string of the molecule is CC(C)c1ccnc2ccc(C(N)=O)cc12. The van der Waals surface area contributed by atoms with Crippen LogP contribution < -0.4 is 5.73 Å². The predicted octanol–water partition coefficient (Wildman–Crippen LogP) is 2.46. The summed E-state index contributed by atoms with van der Waals surface area (Å²) >= 11 is 0. The molecule has 2 rings (SSSR count). The molecule has 0 fully saturated rings. The molecule has 0 unspecified atom stereocenters. The lowest BCUT2D eigenvalue weighted by Crippen LogP contribution is -2.10. The van der Waals surface area contributed by atoms with E-state index in [1.165, 1.54) is 5.56 Å². The molecule has 2 aromatic rings. The van der Waals surface area contributed by atoms with Gasteiger partial charge in [0.15, 0.2) is 0 Å². The molecule has 2 N–H and O–H groups in total. The normalized spacial score (nSPS) is 10.9. The van der Waals surface area contributed by atoms with Crippen molar-refractivity contribution in [3.8, 4) is 0 Å². The maximum atomic E-state index is 11.1. The molecule has 3 heteroatoms. The summed E-state index contributed by atoms with van der Waals surface area (Å²) in [5.74, 6) is -0.00548. The van der Waals surface area contributed by atoms with Gasteiger partial charge in [-0.05, 0) is 35.7 Å². The number of fused-ring (bicyclic) bond motifs is 1. The number of rotatable bonds is 2. The van der Waals surface area contributed by atoms with Gasteiger partial charge in [0.1, 0.15) is 0 Å². The Morgan fingerprint density at radius 2 is 2.06 bits per heavy atom. The third-order valence-corrected chi connectivity index (χ3v) is 2.68. The van der Waals surface area contributed by atoms with Crippen LogP contribution in [0, 0.1) is 0 Å². The third-order valence-electron chi connectivity index (χ3n) is 2.68. The topological polar surface area (TPSA) is 56.0 Å². The van der Waals surface area contributed by atoms with Gasteiger partial charge in [-0.25, -0.2) is 0 Å². The van der Waals surface area contributed by atoms with Gasteiger partial charge in [0.2, 0.25) is 5.91 Å². The molecule has 0 radical (unpaired) electrons. The van der Waals surface area contributed by atoms with Gasteiger partial charge in [0.25, 0.3) is 0 Å². The number of amides is 1. The summed E-state index contributed by atoms with van der Waals surface area (Å²) in [6, 6.07) is 7.35. The van der Waals surface area contributed by atoms with Crippen LogP contribution in [0.15, 0.2) is 30.5 Å². The highest BCUT2D eigenvalue weighted by Crippen LogP contribution is 2.24. The molecule has 0 aliphatic carbocycles. The quantitative estimate of drug-likeness (QED) is 0.834. The van der Waals surface area contributed by atoms with E-state index in [0.717, 1.165) is 10.9 Å². The summed E-state index contributed by atoms with van der Waals surface area (Å²) in [5.41, 5.74) is 7.89. The Hall–Kier alpha value is -1.90. The first-order valence-corrected chi connectivity index (χ1v) is 5.28. The van der Waals surface area contributed by atoms with Crippen molar-refractivity contribution in [2.75, 3.05) is 0 Å². The van der Waals surface area contributed by atoms with Crippen molar-refractivity contribution in [1.29, 1.82) is 0 Å². The molecule has 0 saturated heterocycles. The van der Waals surface area contributed by atoms with Crippen molar-refractivity contribution in [3.05, 3.63) is 41.6 Å². The summed E-state index contributed by atoms with van der Waals surface area (Å²) in [7, 11) is 0. The number of carbonyl (C=O) groups is 1. The molecule has 0 atom stereocenters. The molecule has 0 aliphatic heterocycles. The zero-order chi connectivity index (χ0) is 11.7. The fraction of sp³-hybridized carbons (Fsp3) is 0.231. The van der Waals surface area contributed by atoms with E-state index >= 15 is 0 Å². The van der Waals surface area contributed by atoms with Crippen LogP contribution in [0.4, 0.5) is 0 Å². The number of benzene rings is 1. The van der Waals surface area contributed by atoms with Gasteiger partial charge in [0.05, 0.1) is 5.52 Å². The Balaban J connectivity index is 2.73. The molecule has 3 nitrogen and oxygen atoms in total. The molecule has 1 amide bonds. The standard InChI is InChI=1S/C13H14N2O/c1-8(2)10-5-6-15-12-4-3-9(13(14)16)7-11(10)12/h3-8H,1-2H3,(H2,14,16). The van der Waals surface area contributed by atoms with Crippen LogP contribution in [0.5, 0.6) is 0 Å². The first kappa shape index (κ1) is 10.6. The third kappa shape index (κ3) is 1.76. The molecule has 0 aliphatic rings. The van der Waals surface area contributed by atoms with E-state index in [2.05, 4.69) is 18.8 Å². The van der Waals surface area contributed by atoms with Gasteiger partial charge in [-0.3, -0.25) is 9.78 Å². The summed E-state index contributed by atoms with van der Waals surface area (Å²) < 4.78 is 0. The van der Waals surface area contributed by atoms with E-state index in [1.54, 1.807) is 12.3 Å². The zero-order valence-corrected chi connectivity index (χ0v) is 9.40. The number of aromatic nitrogens is 1. The van der Waals surface area contributed by atoms with Crippen LogP contribution in [0.25, 0.3) is 10.9 Å². The van der Waals surface area contributed by atoms with E-state index in [9.17, 15) is 4.79 Å². The maximum Gasteiger partial charge on any atom is 0.248 e. The molecular formula is C13H14N2O. The number of primary amides is 1. The summed E-state index contributed by atoms with van der Waals surface area (Å²) in [6.07, 6.45) is 1.79. The largest absolute Gasteiger partial charge is 0.366 e. The lowest BCUT2D eigenvalue weighted by Gasteiger charge is -2.09. The smallest absolute Gasteiger partial charge is 0.248 e. The average Bonchev–Trinajstić information content (AvgIpc) is 2.27. The fourth-order valence-electron chi connectivity index (χ4n) is 1.82. The minimum absolute atomic E-state index is 0.397. The van der Waals surface area contributed by atoms with Crippen LogP contribution >= 0.6 is 0 Å². The van der Waals surface area contributed by atoms with E-state index < -0.39 is 5.91 Å². The number of pyridine rings is 1. The van der Waals surface area contributed by atoms with Crippen LogP contribution in [0.2, 0.25) is 0 Å². The molecule has 0 bridgehead atoms. The van der Waals surface area contributed by atoms with Gasteiger partial charge in [-0.15, -0.1) is 0 Å². The van der Waals surface area contributed by atoms with Crippen molar-refractivity contribution in [2.24, 2.45) is 5.73 Å². The van der Waals surface area contributed by atoms with Crippen molar-refractivity contribution < 1.29 is 4.79 Å². The number of carbonyl (C=O) groups excluding carboxylic acids is 1. The van der Waals surface area contributed by atoms with Crippen molar-refractivity contribution in [3.63, 3.8) is 0 Å². The number of nitrogens with zero attached hydrogens (tertiary/aromatic N) is 1. The highest BCUT2D eigenvalue weighted by Gasteiger charge is 2.08. The molecule has 0 saturated carbocycles. The van der Waals surface area contributed by atoms with Crippen molar-refractivity contribution in [1.82, 2.24) is 4.98 Å². The van der Waals surface area contributed by atoms with Gasteiger partial charge in [0, 0.05) is 17.1 Å². The highest BCUT2D eigenvalue weighted by atomic mass is 16.1. The minimum Gasteiger partial charge on any atom is -0.366 e. The maximum absolute atomic E-state index is 11.1. The van der Waals surface area contributed by atoms with E-state index in [1.807, 2.05) is 18.2 Å². The molecule has 16 heavy (non-hydrogen) atoms. The first-order chi connectivity index (χ1) is 7.59. The second kappa shape index (κ2) is 3.93. The van der Waals surface area contributed by atoms with Crippen LogP contribution in [0.3, 0.4) is 0 Å². The lowest BCUT2D eigenvalue weighted by molar-refractivity contribution is 0.100. The molecular weight excluding hydrogens is 200 g/mol. The van der Waals surface area contributed by atoms with Gasteiger partial charge in [-0.1, -0.05) is 13.8 Å². The van der Waals surface area contributed by atoms with Crippen LogP contribution in [-0.2, 0) is 0 Å².